The third-order valence-electron chi connectivity index (χ3n) is 1.68. The Morgan fingerprint density at radius 3 is 2.85 bits per heavy atom. The minimum absolute atomic E-state index is 0.444. The summed E-state index contributed by atoms with van der Waals surface area (Å²) in [5.74, 6) is 0. The van der Waals surface area contributed by atoms with Gasteiger partial charge >= 0.3 is 4.33 Å². The van der Waals surface area contributed by atoms with Crippen LogP contribution in [0.5, 0.6) is 0 Å². The van der Waals surface area contributed by atoms with Gasteiger partial charge in [0, 0.05) is 4.90 Å². The molecule has 0 amide bonds. The van der Waals surface area contributed by atoms with Crippen molar-refractivity contribution in [2.75, 3.05) is 5.32 Å². The van der Waals surface area contributed by atoms with Crippen LogP contribution in [0.1, 0.15) is 0 Å². The van der Waals surface area contributed by atoms with Crippen molar-refractivity contribution >= 4 is 30.1 Å². The second kappa shape index (κ2) is 2.81. The van der Waals surface area contributed by atoms with E-state index in [2.05, 4.69) is 17.9 Å². The molecule has 1 aliphatic rings. The lowest BCUT2D eigenvalue weighted by atomic mass is 10.3. The number of nitro groups is 1. The van der Waals surface area contributed by atoms with Crippen LogP contribution in [0.15, 0.2) is 29.2 Å². The number of nitrogens with one attached hydrogen (secondary N) is 1. The molecular weight excluding hydrogens is 208 g/mol. The molecule has 0 saturated carbocycles. The van der Waals surface area contributed by atoms with Crippen molar-refractivity contribution in [2.45, 2.75) is 9.22 Å². The fourth-order valence-corrected chi connectivity index (χ4v) is 2.43. The molecule has 1 aliphatic heterocycles. The Hall–Kier alpha value is -0.880. The molecule has 0 saturated heterocycles. The summed E-state index contributed by atoms with van der Waals surface area (Å²) < 4.78 is -1.41. The summed E-state index contributed by atoms with van der Waals surface area (Å²) in [5, 5.41) is 13.4. The number of thiol groups is 1. The van der Waals surface area contributed by atoms with E-state index in [-0.39, 0.29) is 0 Å². The number of benzene rings is 1. The fourth-order valence-electron chi connectivity index (χ4n) is 1.10. The molecule has 0 fully saturated rings. The Kier molecular flexibility index (Phi) is 1.88. The Morgan fingerprint density at radius 2 is 2.23 bits per heavy atom. The van der Waals surface area contributed by atoms with E-state index in [1.807, 2.05) is 18.2 Å². The van der Waals surface area contributed by atoms with Gasteiger partial charge in [0.2, 0.25) is 0 Å². The normalized spacial score (nSPS) is 25.0. The molecule has 0 bridgehead atoms. The maximum absolute atomic E-state index is 10.6. The molecule has 0 spiro atoms. The van der Waals surface area contributed by atoms with E-state index in [1.165, 1.54) is 0 Å². The van der Waals surface area contributed by atoms with Crippen molar-refractivity contribution in [3.05, 3.63) is 34.4 Å². The Balaban J connectivity index is 2.37. The fraction of sp³-hybridized carbons (Fsp3) is 0.143. The summed E-state index contributed by atoms with van der Waals surface area (Å²) in [6, 6.07) is 7.29. The van der Waals surface area contributed by atoms with Crippen LogP contribution >= 0.6 is 24.4 Å². The van der Waals surface area contributed by atoms with Gasteiger partial charge in [0.1, 0.15) is 0 Å². The lowest BCUT2D eigenvalue weighted by molar-refractivity contribution is -0.500. The molecule has 4 nitrogen and oxygen atoms in total. The quantitative estimate of drug-likeness (QED) is 0.325. The summed E-state index contributed by atoms with van der Waals surface area (Å²) in [6.45, 7) is 0. The van der Waals surface area contributed by atoms with E-state index >= 15 is 0 Å². The molecule has 0 aliphatic carbocycles. The molecule has 0 radical (unpaired) electrons. The molecule has 1 N–H and O–H groups in total. The largest absolute Gasteiger partial charge is 0.392 e. The van der Waals surface area contributed by atoms with Crippen molar-refractivity contribution in [1.82, 2.24) is 0 Å². The maximum atomic E-state index is 10.6. The molecule has 2 rings (SSSR count). The SMILES string of the molecule is O=[N+]([O-])C1(S)Nc2ccccc2S1. The molecule has 0 aromatic heterocycles. The first-order valence-corrected chi connectivity index (χ1v) is 4.81. The van der Waals surface area contributed by atoms with Gasteiger partial charge in [-0.05, 0) is 23.9 Å². The number of hydrogen-bond donors (Lipinski definition) is 2. The summed E-state index contributed by atoms with van der Waals surface area (Å²) in [6.07, 6.45) is 0. The van der Waals surface area contributed by atoms with Crippen LogP contribution in [0.4, 0.5) is 5.69 Å². The van der Waals surface area contributed by atoms with Gasteiger partial charge in [-0.2, -0.15) is 0 Å². The third-order valence-corrected chi connectivity index (χ3v) is 3.34. The summed E-state index contributed by atoms with van der Waals surface area (Å²) in [5.41, 5.74) is 0.763. The van der Waals surface area contributed by atoms with Crippen molar-refractivity contribution < 1.29 is 4.92 Å². The van der Waals surface area contributed by atoms with E-state index in [4.69, 9.17) is 0 Å². The summed E-state index contributed by atoms with van der Waals surface area (Å²) in [4.78, 5) is 11.0. The van der Waals surface area contributed by atoms with E-state index in [0.29, 0.717) is 0 Å². The third kappa shape index (κ3) is 1.36. The average Bonchev–Trinajstić information content (AvgIpc) is 2.42. The van der Waals surface area contributed by atoms with Crippen LogP contribution in [0.2, 0.25) is 0 Å². The monoisotopic (exact) mass is 214 g/mol. The first-order valence-electron chi connectivity index (χ1n) is 3.55. The summed E-state index contributed by atoms with van der Waals surface area (Å²) in [7, 11) is 0. The second-order valence-corrected chi connectivity index (χ2v) is 4.77. The summed E-state index contributed by atoms with van der Waals surface area (Å²) >= 11 is 5.07. The molecule has 1 heterocycles. The molecule has 1 atom stereocenters. The highest BCUT2D eigenvalue weighted by Crippen LogP contribution is 2.47. The molecule has 13 heavy (non-hydrogen) atoms. The Labute approximate surface area is 84.3 Å². The maximum Gasteiger partial charge on any atom is 0.392 e. The molecule has 1 aromatic rings. The number of nitrogens with zero attached hydrogens (tertiary/aromatic N) is 1. The van der Waals surface area contributed by atoms with Crippen LogP contribution in [0.3, 0.4) is 0 Å². The molecular formula is C7H6N2O2S2. The zero-order chi connectivity index (χ0) is 9.47. The average molecular weight is 214 g/mol. The van der Waals surface area contributed by atoms with Crippen LogP contribution in [-0.4, -0.2) is 9.25 Å². The minimum atomic E-state index is -1.41. The number of para-hydroxylation sites is 1. The highest BCUT2D eigenvalue weighted by atomic mass is 32.2. The number of hydrogen-bond acceptors (Lipinski definition) is 5. The van der Waals surface area contributed by atoms with Crippen LogP contribution < -0.4 is 5.32 Å². The van der Waals surface area contributed by atoms with Gasteiger partial charge < -0.3 is 5.32 Å². The smallest absolute Gasteiger partial charge is 0.302 e. The first-order chi connectivity index (χ1) is 6.12. The van der Waals surface area contributed by atoms with Gasteiger partial charge in [-0.25, -0.2) is 0 Å². The molecule has 1 unspecified atom stereocenters. The number of rotatable bonds is 1. The van der Waals surface area contributed by atoms with Gasteiger partial charge in [-0.3, -0.25) is 10.1 Å². The molecule has 6 heteroatoms. The van der Waals surface area contributed by atoms with Crippen molar-refractivity contribution in [3.63, 3.8) is 0 Å². The van der Waals surface area contributed by atoms with Gasteiger partial charge in [0.05, 0.1) is 10.6 Å². The van der Waals surface area contributed by atoms with Gasteiger partial charge in [0.15, 0.2) is 0 Å². The Morgan fingerprint density at radius 1 is 1.54 bits per heavy atom. The van der Waals surface area contributed by atoms with E-state index < -0.39 is 9.25 Å². The lowest BCUT2D eigenvalue weighted by Crippen LogP contribution is -2.33. The van der Waals surface area contributed by atoms with Crippen molar-refractivity contribution in [2.24, 2.45) is 0 Å². The number of anilines is 1. The zero-order valence-electron chi connectivity index (χ0n) is 6.43. The Bertz CT molecular complexity index is 344. The van der Waals surface area contributed by atoms with E-state index in [9.17, 15) is 10.1 Å². The highest BCUT2D eigenvalue weighted by molar-refractivity contribution is 8.11. The van der Waals surface area contributed by atoms with Gasteiger partial charge in [-0.15, -0.1) is 0 Å². The van der Waals surface area contributed by atoms with E-state index in [1.54, 1.807) is 6.07 Å². The number of fused-ring (bicyclic) bond motifs is 1. The van der Waals surface area contributed by atoms with Crippen LogP contribution in [0, 0.1) is 10.1 Å². The second-order valence-electron chi connectivity index (χ2n) is 2.59. The van der Waals surface area contributed by atoms with Gasteiger partial charge in [-0.1, -0.05) is 24.8 Å². The van der Waals surface area contributed by atoms with Crippen molar-refractivity contribution in [3.8, 4) is 0 Å². The van der Waals surface area contributed by atoms with Crippen molar-refractivity contribution in [1.29, 1.82) is 0 Å². The standard InChI is InChI=1S/C7H6N2O2S2/c10-9(11)7(12)8-5-3-1-2-4-6(5)13-7/h1-4,8,12H. The van der Waals surface area contributed by atoms with Crippen LogP contribution in [0.25, 0.3) is 0 Å². The lowest BCUT2D eigenvalue weighted by Gasteiger charge is -2.11. The zero-order valence-corrected chi connectivity index (χ0v) is 8.14. The molecule has 1 aromatic carbocycles. The molecule has 68 valence electrons. The number of thioether (sulfide) groups is 1. The predicted molar refractivity (Wildman–Crippen MR) is 54.6 cm³/mol. The minimum Gasteiger partial charge on any atom is -0.302 e. The first kappa shape index (κ1) is 8.71. The topological polar surface area (TPSA) is 55.2 Å². The van der Waals surface area contributed by atoms with E-state index in [0.717, 1.165) is 22.3 Å². The predicted octanol–water partition coefficient (Wildman–Crippen LogP) is 2.02. The van der Waals surface area contributed by atoms with Gasteiger partial charge in [0.25, 0.3) is 0 Å². The van der Waals surface area contributed by atoms with Crippen LogP contribution in [-0.2, 0) is 0 Å². The highest BCUT2D eigenvalue weighted by Gasteiger charge is 2.45.